The zero-order chi connectivity index (χ0) is 24.7. The highest BCUT2D eigenvalue weighted by Gasteiger charge is 2.43. The highest BCUT2D eigenvalue weighted by Crippen LogP contribution is 2.41. The van der Waals surface area contributed by atoms with Crippen LogP contribution in [0.4, 0.5) is 10.5 Å². The summed E-state index contributed by atoms with van der Waals surface area (Å²) in [6, 6.07) is 19.4. The van der Waals surface area contributed by atoms with Crippen LogP contribution < -0.4 is 10.1 Å². The van der Waals surface area contributed by atoms with Crippen LogP contribution in [0.25, 0.3) is 16.8 Å². The van der Waals surface area contributed by atoms with Crippen molar-refractivity contribution in [3.63, 3.8) is 0 Å². The van der Waals surface area contributed by atoms with Crippen molar-refractivity contribution >= 4 is 46.1 Å². The molecule has 36 heavy (non-hydrogen) atoms. The minimum Gasteiger partial charge on any atom is -0.488 e. The molecular weight excluding hydrogens is 474 g/mol. The van der Waals surface area contributed by atoms with Gasteiger partial charge in [-0.3, -0.25) is 4.79 Å². The topological polar surface area (TPSA) is 61.9 Å². The molecule has 3 aromatic rings. The van der Waals surface area contributed by atoms with Gasteiger partial charge in [0.05, 0.1) is 11.3 Å². The second-order valence-electron chi connectivity index (χ2n) is 10.1. The summed E-state index contributed by atoms with van der Waals surface area (Å²) in [5.41, 5.74) is 2.41. The van der Waals surface area contributed by atoms with E-state index in [-0.39, 0.29) is 24.0 Å². The van der Waals surface area contributed by atoms with Crippen molar-refractivity contribution in [2.75, 3.05) is 38.1 Å². The van der Waals surface area contributed by atoms with Crippen LogP contribution in [-0.2, 0) is 4.79 Å². The van der Waals surface area contributed by atoms with E-state index in [0.29, 0.717) is 23.7 Å². The van der Waals surface area contributed by atoms with Crippen LogP contribution in [0.15, 0.2) is 66.2 Å². The van der Waals surface area contributed by atoms with Gasteiger partial charge in [-0.1, -0.05) is 48.0 Å². The molecule has 0 unspecified atom stereocenters. The first-order chi connectivity index (χ1) is 17.5. The van der Waals surface area contributed by atoms with Crippen molar-refractivity contribution in [3.05, 3.63) is 76.8 Å². The maximum atomic E-state index is 13.3. The molecule has 3 amide bonds. The third-order valence-electron chi connectivity index (χ3n) is 7.83. The molecule has 1 spiro atoms. The molecule has 0 aromatic heterocycles. The molecule has 0 saturated carbocycles. The SMILES string of the molecule is O=C(Nc1cccc2ccccc12)N1CCC2(CC1)CCN(C(=O)C1=Cc3cc(Cl)ccc3OC1)C2. The molecule has 2 saturated heterocycles. The summed E-state index contributed by atoms with van der Waals surface area (Å²) in [5, 5.41) is 5.88. The van der Waals surface area contributed by atoms with Gasteiger partial charge in [0.25, 0.3) is 5.91 Å². The molecule has 6 nitrogen and oxygen atoms in total. The van der Waals surface area contributed by atoms with Crippen LogP contribution in [0, 0.1) is 5.41 Å². The number of nitrogens with zero attached hydrogens (tertiary/aromatic N) is 2. The first-order valence-corrected chi connectivity index (χ1v) is 12.8. The van der Waals surface area contributed by atoms with Gasteiger partial charge in [0.15, 0.2) is 0 Å². The number of rotatable bonds is 2. The molecular formula is C29H28ClN3O3. The van der Waals surface area contributed by atoms with E-state index in [1.807, 2.05) is 70.5 Å². The maximum Gasteiger partial charge on any atom is 0.321 e. The van der Waals surface area contributed by atoms with Gasteiger partial charge in [-0.05, 0) is 60.4 Å². The Morgan fingerprint density at radius 1 is 0.917 bits per heavy atom. The highest BCUT2D eigenvalue weighted by molar-refractivity contribution is 6.30. The molecule has 3 heterocycles. The summed E-state index contributed by atoms with van der Waals surface area (Å²) in [7, 11) is 0. The first-order valence-electron chi connectivity index (χ1n) is 12.5. The standard InChI is InChI=1S/C29H28ClN3O3/c30-23-8-9-26-21(17-23)16-22(18-36-26)27(34)33-15-12-29(19-33)10-13-32(14-11-29)28(35)31-25-7-3-5-20-4-1-2-6-24(20)25/h1-9,16-17H,10-15,18-19H2,(H,31,35). The van der Waals surface area contributed by atoms with Gasteiger partial charge in [0.2, 0.25) is 0 Å². The normalized spacial score (nSPS) is 18.5. The molecule has 184 valence electrons. The van der Waals surface area contributed by atoms with Crippen molar-refractivity contribution in [3.8, 4) is 5.75 Å². The number of piperidine rings is 1. The number of nitrogens with one attached hydrogen (secondary N) is 1. The number of carbonyl (C=O) groups excluding carboxylic acids is 2. The fourth-order valence-corrected chi connectivity index (χ4v) is 5.88. The predicted molar refractivity (Wildman–Crippen MR) is 142 cm³/mol. The summed E-state index contributed by atoms with van der Waals surface area (Å²) in [6.45, 7) is 3.12. The Bertz CT molecular complexity index is 1370. The van der Waals surface area contributed by atoms with E-state index >= 15 is 0 Å². The molecule has 2 fully saturated rings. The van der Waals surface area contributed by atoms with Crippen molar-refractivity contribution in [2.24, 2.45) is 5.41 Å². The van der Waals surface area contributed by atoms with Gasteiger partial charge >= 0.3 is 6.03 Å². The number of halogens is 1. The number of benzene rings is 3. The van der Waals surface area contributed by atoms with Crippen LogP contribution in [0.5, 0.6) is 5.75 Å². The fraction of sp³-hybridized carbons (Fsp3) is 0.310. The second kappa shape index (κ2) is 9.17. The largest absolute Gasteiger partial charge is 0.488 e. The van der Waals surface area contributed by atoms with Gasteiger partial charge in [0, 0.05) is 42.2 Å². The Hall–Kier alpha value is -3.51. The number of hydrogen-bond acceptors (Lipinski definition) is 3. The summed E-state index contributed by atoms with van der Waals surface area (Å²) in [6.07, 6.45) is 4.66. The lowest BCUT2D eigenvalue weighted by Gasteiger charge is -2.39. The summed E-state index contributed by atoms with van der Waals surface area (Å²) < 4.78 is 5.80. The Labute approximate surface area is 215 Å². The van der Waals surface area contributed by atoms with Gasteiger partial charge in [-0.2, -0.15) is 0 Å². The third-order valence-corrected chi connectivity index (χ3v) is 8.06. The van der Waals surface area contributed by atoms with E-state index < -0.39 is 0 Å². The second-order valence-corrected chi connectivity index (χ2v) is 10.5. The molecule has 0 radical (unpaired) electrons. The van der Waals surface area contributed by atoms with Gasteiger partial charge < -0.3 is 19.9 Å². The Kier molecular flexibility index (Phi) is 5.84. The van der Waals surface area contributed by atoms with E-state index in [4.69, 9.17) is 16.3 Å². The lowest BCUT2D eigenvalue weighted by Crippen LogP contribution is -2.46. The Balaban J connectivity index is 1.08. The lowest BCUT2D eigenvalue weighted by atomic mass is 9.78. The number of fused-ring (bicyclic) bond motifs is 2. The lowest BCUT2D eigenvalue weighted by molar-refractivity contribution is -0.127. The van der Waals surface area contributed by atoms with Crippen molar-refractivity contribution in [1.82, 2.24) is 9.80 Å². The molecule has 3 aromatic carbocycles. The van der Waals surface area contributed by atoms with Crippen molar-refractivity contribution < 1.29 is 14.3 Å². The van der Waals surface area contributed by atoms with Crippen LogP contribution in [0.2, 0.25) is 5.02 Å². The number of urea groups is 1. The molecule has 1 N–H and O–H groups in total. The van der Waals surface area contributed by atoms with Crippen molar-refractivity contribution in [1.29, 1.82) is 0 Å². The monoisotopic (exact) mass is 501 g/mol. The minimum atomic E-state index is -0.0611. The van der Waals surface area contributed by atoms with E-state index in [1.54, 1.807) is 6.07 Å². The van der Waals surface area contributed by atoms with Crippen LogP contribution in [0.3, 0.4) is 0 Å². The molecule has 6 rings (SSSR count). The molecule has 7 heteroatoms. The molecule has 3 aliphatic heterocycles. The number of amides is 3. The molecule has 3 aliphatic rings. The van der Waals surface area contributed by atoms with Gasteiger partial charge in [0.1, 0.15) is 12.4 Å². The van der Waals surface area contributed by atoms with Crippen LogP contribution >= 0.6 is 11.6 Å². The summed E-state index contributed by atoms with van der Waals surface area (Å²) >= 11 is 6.12. The Morgan fingerprint density at radius 3 is 2.50 bits per heavy atom. The van der Waals surface area contributed by atoms with E-state index in [2.05, 4.69) is 5.32 Å². The number of likely N-dealkylation sites (tertiary alicyclic amines) is 2. The van der Waals surface area contributed by atoms with Gasteiger partial charge in [-0.25, -0.2) is 4.79 Å². The van der Waals surface area contributed by atoms with E-state index in [0.717, 1.165) is 60.1 Å². The van der Waals surface area contributed by atoms with E-state index in [1.165, 1.54) is 0 Å². The quantitative estimate of drug-likeness (QED) is 0.481. The van der Waals surface area contributed by atoms with Crippen LogP contribution in [0.1, 0.15) is 24.8 Å². The number of anilines is 1. The first kappa shape index (κ1) is 22.9. The fourth-order valence-electron chi connectivity index (χ4n) is 5.70. The highest BCUT2D eigenvalue weighted by atomic mass is 35.5. The third kappa shape index (κ3) is 4.30. The number of carbonyl (C=O) groups is 2. The molecule has 0 aliphatic carbocycles. The average Bonchev–Trinajstić information content (AvgIpc) is 3.31. The van der Waals surface area contributed by atoms with Crippen molar-refractivity contribution in [2.45, 2.75) is 19.3 Å². The zero-order valence-electron chi connectivity index (χ0n) is 20.0. The maximum absolute atomic E-state index is 13.3. The zero-order valence-corrected chi connectivity index (χ0v) is 20.8. The summed E-state index contributed by atoms with van der Waals surface area (Å²) in [5.74, 6) is 0.789. The van der Waals surface area contributed by atoms with Gasteiger partial charge in [-0.15, -0.1) is 0 Å². The van der Waals surface area contributed by atoms with Crippen LogP contribution in [-0.4, -0.2) is 54.5 Å². The molecule has 0 bridgehead atoms. The minimum absolute atomic E-state index is 0.0358. The smallest absolute Gasteiger partial charge is 0.321 e. The average molecular weight is 502 g/mol. The number of hydrogen-bond donors (Lipinski definition) is 1. The van der Waals surface area contributed by atoms with E-state index in [9.17, 15) is 9.59 Å². The molecule has 0 atom stereocenters. The predicted octanol–water partition coefficient (Wildman–Crippen LogP) is 5.82. The summed E-state index contributed by atoms with van der Waals surface area (Å²) in [4.78, 5) is 30.2. The Morgan fingerprint density at radius 2 is 1.67 bits per heavy atom. The number of ether oxygens (including phenoxy) is 1.